The van der Waals surface area contributed by atoms with E-state index in [2.05, 4.69) is 11.9 Å². The molecule has 0 fully saturated rings. The van der Waals surface area contributed by atoms with Gasteiger partial charge in [-0.05, 0) is 18.6 Å². The number of ether oxygens (including phenoxy) is 2. The largest absolute Gasteiger partial charge is 0.746 e. The van der Waals surface area contributed by atoms with Crippen LogP contribution in [0.4, 0.5) is 0 Å². The molecule has 40 heavy (non-hydrogen) atoms. The van der Waals surface area contributed by atoms with Crippen molar-refractivity contribution in [3.63, 3.8) is 0 Å². The Bertz CT molecular complexity index is 933. The Kier molecular flexibility index (Phi) is 18.8. The zero-order chi connectivity index (χ0) is 28.7. The van der Waals surface area contributed by atoms with E-state index in [1.807, 2.05) is 23.0 Å². The third-order valence-corrected chi connectivity index (χ3v) is 7.77. The number of hydrogen-bond donors (Lipinski definition) is 0. The molecule has 226 valence electrons. The van der Waals surface area contributed by atoms with Crippen molar-refractivity contribution in [1.82, 2.24) is 4.98 Å². The number of phosphoric ester groups is 1. The Labute approximate surface area is 242 Å². The van der Waals surface area contributed by atoms with E-state index in [0.29, 0.717) is 13.2 Å². The molecule has 2 atom stereocenters. The topological polar surface area (TPSA) is 93.8 Å². The SMILES string of the molecule is CCCCCCCCCCCCCCCCOCC(COP(=O)([O-])Oc1cccc(C[n+]2ccncc2)c1)OC. The Morgan fingerprint density at radius 2 is 1.48 bits per heavy atom. The number of unbranched alkanes of at least 4 members (excludes halogenated alkanes) is 13. The number of benzene rings is 1. The Morgan fingerprint density at radius 1 is 0.875 bits per heavy atom. The van der Waals surface area contributed by atoms with Crippen LogP contribution < -0.4 is 14.0 Å². The molecular weight excluding hydrogens is 527 g/mol. The molecule has 0 aliphatic carbocycles. The van der Waals surface area contributed by atoms with Crippen LogP contribution in [0.25, 0.3) is 0 Å². The molecule has 2 aromatic rings. The molecule has 9 heteroatoms. The molecule has 2 unspecified atom stereocenters. The number of phosphoric acid groups is 1. The Morgan fingerprint density at radius 3 is 2.08 bits per heavy atom. The van der Waals surface area contributed by atoms with Gasteiger partial charge < -0.3 is 23.4 Å². The first-order chi connectivity index (χ1) is 19.5. The minimum absolute atomic E-state index is 0.164. The summed E-state index contributed by atoms with van der Waals surface area (Å²) in [5, 5.41) is 0. The highest BCUT2D eigenvalue weighted by atomic mass is 31.2. The summed E-state index contributed by atoms with van der Waals surface area (Å²) in [5.41, 5.74) is 0.889. The molecule has 8 nitrogen and oxygen atoms in total. The molecule has 0 saturated carbocycles. The molecular formula is C31H51N2O6P. The van der Waals surface area contributed by atoms with Crippen molar-refractivity contribution in [2.75, 3.05) is 26.9 Å². The lowest BCUT2D eigenvalue weighted by atomic mass is 10.0. The van der Waals surface area contributed by atoms with Crippen molar-refractivity contribution in [1.29, 1.82) is 0 Å². The summed E-state index contributed by atoms with van der Waals surface area (Å²) < 4.78 is 35.6. The van der Waals surface area contributed by atoms with Crippen LogP contribution in [-0.4, -0.2) is 38.0 Å². The lowest BCUT2D eigenvalue weighted by Gasteiger charge is -2.25. The van der Waals surface area contributed by atoms with Crippen LogP contribution in [-0.2, 0) is 25.1 Å². The van der Waals surface area contributed by atoms with Crippen LogP contribution in [0.15, 0.2) is 49.1 Å². The zero-order valence-electron chi connectivity index (χ0n) is 24.7. The molecule has 0 saturated heterocycles. The quantitative estimate of drug-likeness (QED) is 0.0727. The van der Waals surface area contributed by atoms with E-state index < -0.39 is 13.9 Å². The molecule has 0 aliphatic heterocycles. The second kappa shape index (κ2) is 21.9. The number of hydrogen-bond acceptors (Lipinski definition) is 7. The first-order valence-electron chi connectivity index (χ1n) is 15.2. The standard InChI is InChI=1S/C31H51N2O6P/c1-3-4-5-6-7-8-9-10-11-12-13-14-15-16-24-37-27-31(36-2)28-38-40(34,35)39-30-19-17-18-29(25-30)26-33-22-20-32-21-23-33/h17-23,25,31H,3-16,24,26-28H2,1-2H3. The van der Waals surface area contributed by atoms with Gasteiger partial charge in [0.15, 0.2) is 18.9 Å². The van der Waals surface area contributed by atoms with E-state index in [-0.39, 0.29) is 19.0 Å². The van der Waals surface area contributed by atoms with Crippen LogP contribution in [0.5, 0.6) is 5.75 Å². The van der Waals surface area contributed by atoms with E-state index in [9.17, 15) is 9.46 Å². The normalized spacial score (nSPS) is 13.7. The van der Waals surface area contributed by atoms with Gasteiger partial charge in [0.1, 0.15) is 11.9 Å². The van der Waals surface area contributed by atoms with Gasteiger partial charge in [0.2, 0.25) is 0 Å². The highest BCUT2D eigenvalue weighted by Crippen LogP contribution is 2.39. The monoisotopic (exact) mass is 578 g/mol. The van der Waals surface area contributed by atoms with E-state index in [4.69, 9.17) is 18.5 Å². The summed E-state index contributed by atoms with van der Waals surface area (Å²) in [7, 11) is -3.05. The molecule has 0 spiro atoms. The first kappa shape index (κ1) is 34.4. The molecule has 0 amide bonds. The van der Waals surface area contributed by atoms with E-state index >= 15 is 0 Å². The van der Waals surface area contributed by atoms with Gasteiger partial charge in [-0.3, -0.25) is 9.55 Å². The lowest BCUT2D eigenvalue weighted by molar-refractivity contribution is -0.688. The fourth-order valence-corrected chi connectivity index (χ4v) is 5.27. The molecule has 0 aliphatic rings. The van der Waals surface area contributed by atoms with Crippen molar-refractivity contribution >= 4 is 7.82 Å². The summed E-state index contributed by atoms with van der Waals surface area (Å²) >= 11 is 0. The van der Waals surface area contributed by atoms with E-state index in [1.165, 1.54) is 84.2 Å². The van der Waals surface area contributed by atoms with E-state index in [0.717, 1.165) is 18.4 Å². The van der Waals surface area contributed by atoms with Gasteiger partial charge in [0, 0.05) is 19.3 Å². The van der Waals surface area contributed by atoms with Crippen LogP contribution in [0.3, 0.4) is 0 Å². The smallest absolute Gasteiger partial charge is 0.319 e. The number of aromatic nitrogens is 2. The third-order valence-electron chi connectivity index (χ3n) is 6.87. The van der Waals surface area contributed by atoms with Gasteiger partial charge in [0.25, 0.3) is 0 Å². The van der Waals surface area contributed by atoms with Crippen molar-refractivity contribution in [3.05, 3.63) is 54.6 Å². The number of rotatable bonds is 25. The maximum absolute atomic E-state index is 12.4. The van der Waals surface area contributed by atoms with Gasteiger partial charge in [-0.15, -0.1) is 0 Å². The highest BCUT2D eigenvalue weighted by Gasteiger charge is 2.17. The van der Waals surface area contributed by atoms with Crippen molar-refractivity contribution in [2.24, 2.45) is 0 Å². The molecule has 1 aromatic carbocycles. The van der Waals surface area contributed by atoms with Crippen LogP contribution in [0.2, 0.25) is 0 Å². The average molecular weight is 579 g/mol. The second-order valence-corrected chi connectivity index (χ2v) is 11.8. The Hall–Kier alpha value is -1.83. The van der Waals surface area contributed by atoms with Crippen molar-refractivity contribution in [3.8, 4) is 5.75 Å². The Balaban J connectivity index is 1.50. The van der Waals surface area contributed by atoms with Gasteiger partial charge in [-0.1, -0.05) is 103 Å². The lowest BCUT2D eigenvalue weighted by Crippen LogP contribution is -2.33. The van der Waals surface area contributed by atoms with Crippen LogP contribution in [0.1, 0.15) is 102 Å². The minimum Gasteiger partial charge on any atom is -0.746 e. The number of nitrogens with zero attached hydrogens (tertiary/aromatic N) is 2. The summed E-state index contributed by atoms with van der Waals surface area (Å²) in [6, 6.07) is 6.90. The fourth-order valence-electron chi connectivity index (χ4n) is 4.49. The van der Waals surface area contributed by atoms with Crippen molar-refractivity contribution in [2.45, 2.75) is 109 Å². The van der Waals surface area contributed by atoms with Gasteiger partial charge in [-0.2, -0.15) is 4.57 Å². The minimum atomic E-state index is -4.56. The predicted molar refractivity (Wildman–Crippen MR) is 156 cm³/mol. The van der Waals surface area contributed by atoms with Gasteiger partial charge >= 0.3 is 7.82 Å². The second-order valence-electron chi connectivity index (χ2n) is 10.4. The maximum atomic E-state index is 12.4. The summed E-state index contributed by atoms with van der Waals surface area (Å²) in [6.45, 7) is 3.57. The molecule has 1 heterocycles. The summed E-state index contributed by atoms with van der Waals surface area (Å²) in [6.07, 6.45) is 25.0. The van der Waals surface area contributed by atoms with E-state index in [1.54, 1.807) is 30.6 Å². The maximum Gasteiger partial charge on any atom is 0.319 e. The molecule has 1 aromatic heterocycles. The molecule has 2 rings (SSSR count). The van der Waals surface area contributed by atoms with Crippen molar-refractivity contribution < 1.29 is 32.5 Å². The fraction of sp³-hybridized carbons (Fsp3) is 0.677. The number of methoxy groups -OCH3 is 1. The first-order valence-corrected chi connectivity index (χ1v) is 16.6. The van der Waals surface area contributed by atoms with Crippen LogP contribution >= 0.6 is 7.82 Å². The molecule has 0 radical (unpaired) electrons. The predicted octanol–water partition coefficient (Wildman–Crippen LogP) is 6.79. The van der Waals surface area contributed by atoms with Gasteiger partial charge in [0.05, 0.1) is 25.6 Å². The molecule has 0 bridgehead atoms. The molecule has 0 N–H and O–H groups in total. The highest BCUT2D eigenvalue weighted by molar-refractivity contribution is 7.46. The van der Waals surface area contributed by atoms with Crippen LogP contribution in [0, 0.1) is 0 Å². The average Bonchev–Trinajstić information content (AvgIpc) is 2.95. The third kappa shape index (κ3) is 17.1. The zero-order valence-corrected chi connectivity index (χ0v) is 25.6. The summed E-state index contributed by atoms with van der Waals surface area (Å²) in [4.78, 5) is 16.4. The summed E-state index contributed by atoms with van der Waals surface area (Å²) in [5.74, 6) is 0.202. The van der Waals surface area contributed by atoms with Gasteiger partial charge in [-0.25, -0.2) is 0 Å².